The third-order valence-corrected chi connectivity index (χ3v) is 4.47. The van der Waals surface area contributed by atoms with Gasteiger partial charge in [0.1, 0.15) is 0 Å². The van der Waals surface area contributed by atoms with Crippen LogP contribution in [0.5, 0.6) is 0 Å². The maximum absolute atomic E-state index is 2.39. The van der Waals surface area contributed by atoms with Gasteiger partial charge < -0.3 is 0 Å². The highest BCUT2D eigenvalue weighted by molar-refractivity contribution is 4.85. The van der Waals surface area contributed by atoms with Crippen LogP contribution >= 0.6 is 0 Å². The van der Waals surface area contributed by atoms with Crippen molar-refractivity contribution in [2.45, 2.75) is 85.0 Å². The summed E-state index contributed by atoms with van der Waals surface area (Å²) in [4.78, 5) is 0. The number of hydrogen-bond donors (Lipinski definition) is 0. The van der Waals surface area contributed by atoms with Crippen molar-refractivity contribution in [2.24, 2.45) is 17.8 Å². The van der Waals surface area contributed by atoms with Gasteiger partial charge in [0.2, 0.25) is 0 Å². The summed E-state index contributed by atoms with van der Waals surface area (Å²) in [6.07, 6.45) is 14.8. The van der Waals surface area contributed by atoms with Crippen LogP contribution in [0.15, 0.2) is 0 Å². The summed E-state index contributed by atoms with van der Waals surface area (Å²) in [6.45, 7) is 7.02. The van der Waals surface area contributed by atoms with Gasteiger partial charge in [-0.1, -0.05) is 78.6 Å². The van der Waals surface area contributed by atoms with Gasteiger partial charge in [0, 0.05) is 0 Å². The Hall–Kier alpha value is 0. The van der Waals surface area contributed by atoms with Gasteiger partial charge in [0.05, 0.1) is 0 Å². The second kappa shape index (κ2) is 8.14. The van der Waals surface area contributed by atoms with Crippen LogP contribution in [0.3, 0.4) is 0 Å². The van der Waals surface area contributed by atoms with Gasteiger partial charge in [-0.25, -0.2) is 0 Å². The molecule has 1 aliphatic rings. The molecule has 0 aromatic heterocycles. The maximum Gasteiger partial charge on any atom is -0.0383 e. The molecule has 0 saturated heterocycles. The smallest absolute Gasteiger partial charge is 0.0383 e. The third-order valence-electron chi connectivity index (χ3n) is 4.47. The Morgan fingerprint density at radius 2 is 1.62 bits per heavy atom. The highest BCUT2D eigenvalue weighted by atomic mass is 14.4. The molecular formula is C16H32. The van der Waals surface area contributed by atoms with E-state index >= 15 is 0 Å². The molecule has 0 aliphatic heterocycles. The monoisotopic (exact) mass is 224 g/mol. The van der Waals surface area contributed by atoms with Crippen LogP contribution in [-0.2, 0) is 0 Å². The molecule has 3 unspecified atom stereocenters. The lowest BCUT2D eigenvalue weighted by molar-refractivity contribution is 0.465. The third kappa shape index (κ3) is 5.92. The Balaban J connectivity index is 1.82. The average Bonchev–Trinajstić information content (AvgIpc) is 3.04. The summed E-state index contributed by atoms with van der Waals surface area (Å²) in [6, 6.07) is 0. The molecule has 1 rings (SSSR count). The standard InChI is InChI=1S/C16H32/c1-4-6-11-15-13-16(15)12-9-7-8-10-14(3)5-2/h14-16H,4-13H2,1-3H3. The summed E-state index contributed by atoms with van der Waals surface area (Å²) in [5.74, 6) is 3.22. The summed E-state index contributed by atoms with van der Waals surface area (Å²) in [5.41, 5.74) is 0. The van der Waals surface area contributed by atoms with Gasteiger partial charge in [0.25, 0.3) is 0 Å². The van der Waals surface area contributed by atoms with Crippen molar-refractivity contribution in [3.05, 3.63) is 0 Å². The molecule has 0 aromatic rings. The molecule has 0 bridgehead atoms. The highest BCUT2D eigenvalue weighted by Crippen LogP contribution is 2.45. The fraction of sp³-hybridized carbons (Fsp3) is 1.00. The Labute approximate surface area is 103 Å². The Morgan fingerprint density at radius 3 is 2.25 bits per heavy atom. The topological polar surface area (TPSA) is 0 Å². The molecule has 0 heterocycles. The van der Waals surface area contributed by atoms with Crippen LogP contribution in [0, 0.1) is 17.8 Å². The second-order valence-electron chi connectivity index (χ2n) is 6.05. The average molecular weight is 224 g/mol. The molecule has 0 spiro atoms. The summed E-state index contributed by atoms with van der Waals surface area (Å²) in [5, 5.41) is 0. The molecule has 0 N–H and O–H groups in total. The van der Waals surface area contributed by atoms with Crippen molar-refractivity contribution in [2.75, 3.05) is 0 Å². The molecule has 0 amide bonds. The van der Waals surface area contributed by atoms with Gasteiger partial charge in [-0.3, -0.25) is 0 Å². The van der Waals surface area contributed by atoms with Crippen LogP contribution in [0.4, 0.5) is 0 Å². The van der Waals surface area contributed by atoms with E-state index in [1.54, 1.807) is 6.42 Å². The van der Waals surface area contributed by atoms with E-state index in [-0.39, 0.29) is 0 Å². The van der Waals surface area contributed by atoms with Gasteiger partial charge >= 0.3 is 0 Å². The van der Waals surface area contributed by atoms with Crippen LogP contribution < -0.4 is 0 Å². The van der Waals surface area contributed by atoms with Gasteiger partial charge in [0.15, 0.2) is 0 Å². The molecule has 3 atom stereocenters. The van der Waals surface area contributed by atoms with E-state index in [2.05, 4.69) is 20.8 Å². The van der Waals surface area contributed by atoms with Crippen molar-refractivity contribution >= 4 is 0 Å². The van der Waals surface area contributed by atoms with Crippen LogP contribution in [0.1, 0.15) is 85.0 Å². The van der Waals surface area contributed by atoms with Crippen LogP contribution in [-0.4, -0.2) is 0 Å². The lowest BCUT2D eigenvalue weighted by atomic mass is 9.99. The summed E-state index contributed by atoms with van der Waals surface area (Å²) < 4.78 is 0. The fourth-order valence-electron chi connectivity index (χ4n) is 2.76. The molecule has 16 heavy (non-hydrogen) atoms. The Morgan fingerprint density at radius 1 is 0.938 bits per heavy atom. The van der Waals surface area contributed by atoms with Crippen molar-refractivity contribution < 1.29 is 0 Å². The highest BCUT2D eigenvalue weighted by Gasteiger charge is 2.34. The predicted molar refractivity (Wildman–Crippen MR) is 73.7 cm³/mol. The molecule has 0 radical (unpaired) electrons. The van der Waals surface area contributed by atoms with E-state index < -0.39 is 0 Å². The van der Waals surface area contributed by atoms with Crippen LogP contribution in [0.2, 0.25) is 0 Å². The minimum Gasteiger partial charge on any atom is -0.0654 e. The van der Waals surface area contributed by atoms with Crippen LogP contribution in [0.25, 0.3) is 0 Å². The zero-order valence-electron chi connectivity index (χ0n) is 11.8. The molecule has 96 valence electrons. The van der Waals surface area contributed by atoms with E-state index in [9.17, 15) is 0 Å². The van der Waals surface area contributed by atoms with Crippen molar-refractivity contribution in [3.63, 3.8) is 0 Å². The van der Waals surface area contributed by atoms with E-state index in [4.69, 9.17) is 0 Å². The van der Waals surface area contributed by atoms with Gasteiger partial charge in [-0.2, -0.15) is 0 Å². The molecule has 1 fully saturated rings. The minimum absolute atomic E-state index is 0.957. The second-order valence-corrected chi connectivity index (χ2v) is 6.05. The largest absolute Gasteiger partial charge is 0.0654 e. The molecule has 1 saturated carbocycles. The van der Waals surface area contributed by atoms with Gasteiger partial charge in [-0.15, -0.1) is 0 Å². The Bertz CT molecular complexity index is 161. The normalized spacial score (nSPS) is 25.7. The number of unbranched alkanes of at least 4 members (excludes halogenated alkanes) is 3. The zero-order valence-corrected chi connectivity index (χ0v) is 11.8. The zero-order chi connectivity index (χ0) is 11.8. The SMILES string of the molecule is CCCCC1CC1CCCCCC(C)CC. The number of hydrogen-bond acceptors (Lipinski definition) is 0. The fourth-order valence-corrected chi connectivity index (χ4v) is 2.76. The maximum atomic E-state index is 2.39. The lowest BCUT2D eigenvalue weighted by Crippen LogP contribution is -1.92. The minimum atomic E-state index is 0.957. The van der Waals surface area contributed by atoms with Crippen molar-refractivity contribution in [1.29, 1.82) is 0 Å². The summed E-state index contributed by atoms with van der Waals surface area (Å²) >= 11 is 0. The molecule has 1 aliphatic carbocycles. The van der Waals surface area contributed by atoms with E-state index in [1.165, 1.54) is 57.8 Å². The first kappa shape index (κ1) is 14.1. The predicted octanol–water partition coefficient (Wildman–Crippen LogP) is 5.81. The molecule has 0 heteroatoms. The van der Waals surface area contributed by atoms with E-state index in [0.29, 0.717) is 0 Å². The Kier molecular flexibility index (Phi) is 7.16. The molecule has 0 aromatic carbocycles. The van der Waals surface area contributed by atoms with E-state index in [1.807, 2.05) is 0 Å². The first-order valence-corrected chi connectivity index (χ1v) is 7.77. The first-order valence-electron chi connectivity index (χ1n) is 7.77. The quantitative estimate of drug-likeness (QED) is 0.411. The lowest BCUT2D eigenvalue weighted by Gasteiger charge is -2.07. The number of rotatable bonds is 10. The van der Waals surface area contributed by atoms with Crippen molar-refractivity contribution in [3.8, 4) is 0 Å². The van der Waals surface area contributed by atoms with Gasteiger partial charge in [-0.05, 0) is 24.2 Å². The first-order chi connectivity index (χ1) is 7.77. The van der Waals surface area contributed by atoms with E-state index in [0.717, 1.165) is 17.8 Å². The van der Waals surface area contributed by atoms with Crippen molar-refractivity contribution in [1.82, 2.24) is 0 Å². The summed E-state index contributed by atoms with van der Waals surface area (Å²) in [7, 11) is 0. The molecule has 0 nitrogen and oxygen atoms in total. The molecular weight excluding hydrogens is 192 g/mol.